The van der Waals surface area contributed by atoms with Crippen LogP contribution in [0.2, 0.25) is 0 Å². The molecule has 2 atom stereocenters. The van der Waals surface area contributed by atoms with Crippen LogP contribution in [-0.4, -0.2) is 19.0 Å². The molecule has 0 saturated carbocycles. The fourth-order valence-electron chi connectivity index (χ4n) is 3.05. The van der Waals surface area contributed by atoms with Gasteiger partial charge in [-0.25, -0.2) is 0 Å². The third-order valence-corrected chi connectivity index (χ3v) is 4.08. The van der Waals surface area contributed by atoms with Crippen LogP contribution in [0.3, 0.4) is 0 Å². The molecule has 1 amide bonds. The van der Waals surface area contributed by atoms with Crippen molar-refractivity contribution in [3.63, 3.8) is 0 Å². The monoisotopic (exact) mass is 246 g/mol. The molecule has 0 radical (unpaired) electrons. The molecule has 0 aliphatic carbocycles. The van der Waals surface area contributed by atoms with Gasteiger partial charge in [-0.2, -0.15) is 0 Å². The van der Waals surface area contributed by atoms with Gasteiger partial charge in [0, 0.05) is 5.92 Å². The van der Waals surface area contributed by atoms with E-state index in [0.29, 0.717) is 5.92 Å². The summed E-state index contributed by atoms with van der Waals surface area (Å²) in [5, 5.41) is 3.34. The molecule has 98 valence electrons. The first-order chi connectivity index (χ1) is 8.70. The van der Waals surface area contributed by atoms with Crippen LogP contribution in [-0.2, 0) is 4.79 Å². The van der Waals surface area contributed by atoms with Crippen molar-refractivity contribution in [2.24, 2.45) is 17.6 Å². The predicted molar refractivity (Wildman–Crippen MR) is 73.1 cm³/mol. The molecule has 1 heterocycles. The molecule has 1 saturated heterocycles. The molecule has 1 aliphatic rings. The molecule has 0 aromatic heterocycles. The molecule has 18 heavy (non-hydrogen) atoms. The zero-order valence-electron chi connectivity index (χ0n) is 10.9. The Labute approximate surface area is 109 Å². The summed E-state index contributed by atoms with van der Waals surface area (Å²) < 4.78 is 0. The fraction of sp³-hybridized carbons (Fsp3) is 0.533. The molecule has 1 fully saturated rings. The Morgan fingerprint density at radius 1 is 1.28 bits per heavy atom. The van der Waals surface area contributed by atoms with E-state index in [4.69, 9.17) is 5.73 Å². The zero-order valence-corrected chi connectivity index (χ0v) is 10.9. The number of nitrogens with two attached hydrogens (primary N) is 1. The summed E-state index contributed by atoms with van der Waals surface area (Å²) in [7, 11) is 0. The van der Waals surface area contributed by atoms with Gasteiger partial charge in [0.1, 0.15) is 0 Å². The first-order valence-electron chi connectivity index (χ1n) is 6.75. The number of rotatable bonds is 4. The lowest BCUT2D eigenvalue weighted by Gasteiger charge is -2.32. The molecule has 0 spiro atoms. The molecule has 2 rings (SSSR count). The van der Waals surface area contributed by atoms with Crippen LogP contribution in [0.4, 0.5) is 0 Å². The molecule has 3 heteroatoms. The molecular weight excluding hydrogens is 224 g/mol. The van der Waals surface area contributed by atoms with Crippen molar-refractivity contribution < 1.29 is 4.79 Å². The van der Waals surface area contributed by atoms with E-state index in [1.165, 1.54) is 5.56 Å². The smallest absolute Gasteiger partial charge is 0.221 e. The van der Waals surface area contributed by atoms with Crippen LogP contribution in [0.15, 0.2) is 30.3 Å². The summed E-state index contributed by atoms with van der Waals surface area (Å²) in [6, 6.07) is 10.2. The molecular formula is C15H22N2O. The van der Waals surface area contributed by atoms with Crippen molar-refractivity contribution >= 4 is 5.91 Å². The Balaban J connectivity index is 2.16. The second-order valence-electron chi connectivity index (χ2n) is 5.21. The topological polar surface area (TPSA) is 55.1 Å². The number of amides is 1. The number of piperidine rings is 1. The first-order valence-corrected chi connectivity index (χ1v) is 6.75. The van der Waals surface area contributed by atoms with Gasteiger partial charge in [0.2, 0.25) is 5.91 Å². The van der Waals surface area contributed by atoms with Crippen LogP contribution in [0, 0.1) is 11.8 Å². The Kier molecular flexibility index (Phi) is 4.37. The maximum Gasteiger partial charge on any atom is 0.221 e. The third kappa shape index (κ3) is 2.91. The molecule has 1 aromatic carbocycles. The number of hydrogen-bond donors (Lipinski definition) is 2. The van der Waals surface area contributed by atoms with Gasteiger partial charge in [-0.05, 0) is 43.3 Å². The SMILES string of the molecule is CC(c1ccccc1)C(C(N)=O)C1CCNCC1. The first kappa shape index (κ1) is 13.1. The molecule has 2 unspecified atom stereocenters. The van der Waals surface area contributed by atoms with E-state index in [0.717, 1.165) is 25.9 Å². The van der Waals surface area contributed by atoms with E-state index in [1.807, 2.05) is 18.2 Å². The van der Waals surface area contributed by atoms with Gasteiger partial charge < -0.3 is 11.1 Å². The molecule has 3 nitrogen and oxygen atoms in total. The number of carbonyl (C=O) groups is 1. The lowest BCUT2D eigenvalue weighted by molar-refractivity contribution is -0.124. The van der Waals surface area contributed by atoms with Crippen LogP contribution < -0.4 is 11.1 Å². The van der Waals surface area contributed by atoms with E-state index < -0.39 is 0 Å². The maximum atomic E-state index is 11.8. The standard InChI is InChI=1S/C15H22N2O/c1-11(12-5-3-2-4-6-12)14(15(16)18)13-7-9-17-10-8-13/h2-6,11,13-14,17H,7-10H2,1H3,(H2,16,18). The summed E-state index contributed by atoms with van der Waals surface area (Å²) in [5.74, 6) is 0.415. The average molecular weight is 246 g/mol. The van der Waals surface area contributed by atoms with Crippen molar-refractivity contribution in [2.75, 3.05) is 13.1 Å². The largest absolute Gasteiger partial charge is 0.369 e. The summed E-state index contributed by atoms with van der Waals surface area (Å²) in [4.78, 5) is 11.8. The zero-order chi connectivity index (χ0) is 13.0. The lowest BCUT2D eigenvalue weighted by atomic mass is 9.74. The highest BCUT2D eigenvalue weighted by Crippen LogP contribution is 2.34. The van der Waals surface area contributed by atoms with Gasteiger partial charge in [-0.3, -0.25) is 4.79 Å². The summed E-state index contributed by atoms with van der Waals surface area (Å²) in [5.41, 5.74) is 6.85. The Hall–Kier alpha value is -1.35. The second-order valence-corrected chi connectivity index (χ2v) is 5.21. The molecule has 1 aliphatic heterocycles. The van der Waals surface area contributed by atoms with Crippen LogP contribution in [0.5, 0.6) is 0 Å². The van der Waals surface area contributed by atoms with Crippen molar-refractivity contribution in [3.05, 3.63) is 35.9 Å². The predicted octanol–water partition coefficient (Wildman–Crippen LogP) is 1.89. The fourth-order valence-corrected chi connectivity index (χ4v) is 3.05. The highest BCUT2D eigenvalue weighted by Gasteiger charge is 2.32. The Morgan fingerprint density at radius 2 is 1.89 bits per heavy atom. The quantitative estimate of drug-likeness (QED) is 0.852. The minimum absolute atomic E-state index is 0.0468. The van der Waals surface area contributed by atoms with Gasteiger partial charge in [0.15, 0.2) is 0 Å². The van der Waals surface area contributed by atoms with Crippen molar-refractivity contribution in [3.8, 4) is 0 Å². The number of benzene rings is 1. The number of hydrogen-bond acceptors (Lipinski definition) is 2. The van der Waals surface area contributed by atoms with Crippen LogP contribution >= 0.6 is 0 Å². The highest BCUT2D eigenvalue weighted by molar-refractivity contribution is 5.78. The van der Waals surface area contributed by atoms with E-state index in [2.05, 4.69) is 24.4 Å². The van der Waals surface area contributed by atoms with E-state index in [9.17, 15) is 4.79 Å². The lowest BCUT2D eigenvalue weighted by Crippen LogP contribution is -2.39. The minimum atomic E-state index is -0.154. The summed E-state index contributed by atoms with van der Waals surface area (Å²) in [6.07, 6.45) is 2.09. The third-order valence-electron chi connectivity index (χ3n) is 4.08. The van der Waals surface area contributed by atoms with Crippen LogP contribution in [0.1, 0.15) is 31.2 Å². The summed E-state index contributed by atoms with van der Waals surface area (Å²) >= 11 is 0. The van der Waals surface area contributed by atoms with Crippen molar-refractivity contribution in [1.29, 1.82) is 0 Å². The number of nitrogens with one attached hydrogen (secondary N) is 1. The maximum absolute atomic E-state index is 11.8. The van der Waals surface area contributed by atoms with Gasteiger partial charge in [0.25, 0.3) is 0 Å². The number of carbonyl (C=O) groups excluding carboxylic acids is 1. The highest BCUT2D eigenvalue weighted by atomic mass is 16.1. The summed E-state index contributed by atoms with van der Waals surface area (Å²) in [6.45, 7) is 4.11. The number of primary amides is 1. The van der Waals surface area contributed by atoms with Gasteiger partial charge >= 0.3 is 0 Å². The second kappa shape index (κ2) is 6.01. The van der Waals surface area contributed by atoms with Gasteiger partial charge in [-0.15, -0.1) is 0 Å². The molecule has 3 N–H and O–H groups in total. The Morgan fingerprint density at radius 3 is 2.44 bits per heavy atom. The van der Waals surface area contributed by atoms with E-state index >= 15 is 0 Å². The van der Waals surface area contributed by atoms with Crippen molar-refractivity contribution in [2.45, 2.75) is 25.7 Å². The van der Waals surface area contributed by atoms with Gasteiger partial charge in [-0.1, -0.05) is 37.3 Å². The minimum Gasteiger partial charge on any atom is -0.369 e. The van der Waals surface area contributed by atoms with Gasteiger partial charge in [0.05, 0.1) is 0 Å². The van der Waals surface area contributed by atoms with E-state index in [1.54, 1.807) is 0 Å². The van der Waals surface area contributed by atoms with E-state index in [-0.39, 0.29) is 17.7 Å². The molecule has 0 bridgehead atoms. The normalized spacial score (nSPS) is 20.3. The van der Waals surface area contributed by atoms with Crippen LogP contribution in [0.25, 0.3) is 0 Å². The Bertz CT molecular complexity index is 385. The average Bonchev–Trinajstić information content (AvgIpc) is 2.40. The molecule has 1 aromatic rings. The van der Waals surface area contributed by atoms with Crippen molar-refractivity contribution in [1.82, 2.24) is 5.32 Å².